The van der Waals surface area contributed by atoms with Gasteiger partial charge in [0, 0.05) is 18.9 Å². The number of carbonyl (C=O) groups is 2. The SMILES string of the molecule is Cn1cncc1CN(OC(=O)C(F)(F)F)S(=O)(=O)c1ccc(Nc2nc(N)c(C(=O)c3c(F)cccc3F)s2)cc1. The summed E-state index contributed by atoms with van der Waals surface area (Å²) in [5, 5.41) is 2.75. The molecule has 11 nitrogen and oxygen atoms in total. The largest absolute Gasteiger partial charge is 0.492 e. The number of nitrogen functional groups attached to an aromatic ring is 1. The number of hydrogen-bond donors (Lipinski definition) is 2. The molecule has 0 aliphatic heterocycles. The van der Waals surface area contributed by atoms with Crippen molar-refractivity contribution >= 4 is 49.7 Å². The predicted molar refractivity (Wildman–Crippen MR) is 134 cm³/mol. The minimum absolute atomic E-state index is 0.00939. The number of anilines is 3. The number of hydrogen-bond acceptors (Lipinski definition) is 10. The Hall–Kier alpha value is -4.42. The number of alkyl halides is 3. The van der Waals surface area contributed by atoms with Crippen LogP contribution >= 0.6 is 11.3 Å². The standard InChI is InChI=1S/C23H17F5N6O5S2/c1-33-11-30-9-13(33)10-34(39-21(36)23(26,27)28)41(37,38)14-7-5-12(6-8-14)31-22-32-20(29)19(40-22)18(35)17-15(24)3-2-4-16(17)25/h2-9,11H,10,29H2,1H3,(H,31,32). The number of rotatable bonds is 9. The fourth-order valence-electron chi connectivity index (χ4n) is 3.31. The monoisotopic (exact) mass is 616 g/mol. The zero-order valence-corrected chi connectivity index (χ0v) is 22.2. The zero-order valence-electron chi connectivity index (χ0n) is 20.5. The summed E-state index contributed by atoms with van der Waals surface area (Å²) in [5.74, 6) is -6.28. The average Bonchev–Trinajstić information content (AvgIpc) is 3.47. The Morgan fingerprint density at radius 1 is 1.12 bits per heavy atom. The molecule has 0 aliphatic carbocycles. The summed E-state index contributed by atoms with van der Waals surface area (Å²) >= 11 is 0.673. The van der Waals surface area contributed by atoms with E-state index in [0.29, 0.717) is 11.3 Å². The molecule has 0 atom stereocenters. The van der Waals surface area contributed by atoms with Crippen LogP contribution in [0.15, 0.2) is 59.9 Å². The summed E-state index contributed by atoms with van der Waals surface area (Å²) in [6.45, 7) is -0.779. The molecule has 2 aromatic carbocycles. The first-order valence-electron chi connectivity index (χ1n) is 11.1. The number of imidazole rings is 1. The number of nitrogens with zero attached hydrogens (tertiary/aromatic N) is 4. The van der Waals surface area contributed by atoms with Crippen molar-refractivity contribution in [2.45, 2.75) is 17.6 Å². The van der Waals surface area contributed by atoms with E-state index in [4.69, 9.17) is 5.73 Å². The van der Waals surface area contributed by atoms with Gasteiger partial charge in [0.2, 0.25) is 5.78 Å². The Bertz CT molecular complexity index is 1700. The van der Waals surface area contributed by atoms with Gasteiger partial charge in [-0.2, -0.15) is 13.2 Å². The number of aromatic nitrogens is 3. The van der Waals surface area contributed by atoms with Gasteiger partial charge in [0.25, 0.3) is 10.0 Å². The van der Waals surface area contributed by atoms with E-state index >= 15 is 0 Å². The van der Waals surface area contributed by atoms with Gasteiger partial charge in [-0.25, -0.2) is 32.0 Å². The first kappa shape index (κ1) is 29.6. The van der Waals surface area contributed by atoms with E-state index in [1.807, 2.05) is 0 Å². The second-order valence-electron chi connectivity index (χ2n) is 8.15. The van der Waals surface area contributed by atoms with Crippen LogP contribution in [0.4, 0.5) is 38.6 Å². The average molecular weight is 617 g/mol. The molecule has 2 heterocycles. The van der Waals surface area contributed by atoms with Gasteiger partial charge in [-0.1, -0.05) is 17.4 Å². The van der Waals surface area contributed by atoms with Crippen LogP contribution in [0.1, 0.15) is 20.9 Å². The molecule has 0 saturated carbocycles. The van der Waals surface area contributed by atoms with Gasteiger partial charge in [-0.15, -0.1) is 0 Å². The van der Waals surface area contributed by atoms with Crippen LogP contribution in [0.25, 0.3) is 0 Å². The highest BCUT2D eigenvalue weighted by Gasteiger charge is 2.44. The molecule has 0 spiro atoms. The normalized spacial score (nSPS) is 12.0. The highest BCUT2D eigenvalue weighted by atomic mass is 32.2. The third-order valence-electron chi connectivity index (χ3n) is 5.34. The third-order valence-corrected chi connectivity index (χ3v) is 7.94. The first-order valence-corrected chi connectivity index (χ1v) is 13.3. The molecular weight excluding hydrogens is 599 g/mol. The van der Waals surface area contributed by atoms with Crippen molar-refractivity contribution in [3.8, 4) is 0 Å². The number of halogens is 5. The van der Waals surface area contributed by atoms with Gasteiger partial charge < -0.3 is 20.5 Å². The number of hydroxylamine groups is 1. The fourth-order valence-corrected chi connectivity index (χ4v) is 5.34. The van der Waals surface area contributed by atoms with Crippen molar-refractivity contribution in [2.24, 2.45) is 7.05 Å². The number of sulfonamides is 1. The zero-order chi connectivity index (χ0) is 30.1. The molecule has 2 aromatic heterocycles. The number of carbonyl (C=O) groups excluding carboxylic acids is 2. The molecule has 216 valence electrons. The van der Waals surface area contributed by atoms with E-state index in [9.17, 15) is 40.0 Å². The van der Waals surface area contributed by atoms with E-state index in [1.54, 1.807) is 0 Å². The van der Waals surface area contributed by atoms with E-state index < -0.39 is 56.6 Å². The molecular formula is C23H17F5N6O5S2. The summed E-state index contributed by atoms with van der Waals surface area (Å²) in [6.07, 6.45) is -3.03. The lowest BCUT2D eigenvalue weighted by atomic mass is 10.1. The molecule has 3 N–H and O–H groups in total. The van der Waals surface area contributed by atoms with Crippen LogP contribution < -0.4 is 11.1 Å². The molecule has 0 bridgehead atoms. The summed E-state index contributed by atoms with van der Waals surface area (Å²) < 4.78 is 94.1. The summed E-state index contributed by atoms with van der Waals surface area (Å²) in [6, 6.07) is 7.33. The van der Waals surface area contributed by atoms with E-state index in [0.717, 1.165) is 30.3 Å². The number of benzene rings is 2. The number of nitrogens with two attached hydrogens (primary N) is 1. The lowest BCUT2D eigenvalue weighted by Gasteiger charge is -2.21. The summed E-state index contributed by atoms with van der Waals surface area (Å²) in [4.78, 5) is 35.2. The number of thiazole rings is 1. The number of nitrogens with one attached hydrogen (secondary N) is 1. The maximum absolute atomic E-state index is 14.0. The van der Waals surface area contributed by atoms with E-state index in [1.165, 1.54) is 36.3 Å². The van der Waals surface area contributed by atoms with Crippen molar-refractivity contribution in [1.82, 2.24) is 19.0 Å². The quantitative estimate of drug-likeness (QED) is 0.162. The van der Waals surface area contributed by atoms with Crippen LogP contribution in [0, 0.1) is 11.6 Å². The minimum Gasteiger partial charge on any atom is -0.382 e. The second-order valence-corrected chi connectivity index (χ2v) is 11.0. The Morgan fingerprint density at radius 3 is 2.32 bits per heavy atom. The highest BCUT2D eigenvalue weighted by Crippen LogP contribution is 2.32. The smallest absolute Gasteiger partial charge is 0.382 e. The number of aryl methyl sites for hydroxylation is 1. The molecule has 0 fully saturated rings. The Kier molecular flexibility index (Phi) is 8.09. The Balaban J connectivity index is 1.56. The second kappa shape index (κ2) is 11.2. The van der Waals surface area contributed by atoms with Crippen LogP contribution in [0.2, 0.25) is 0 Å². The van der Waals surface area contributed by atoms with Gasteiger partial charge >= 0.3 is 12.1 Å². The molecule has 41 heavy (non-hydrogen) atoms. The Labute approximate surface area is 232 Å². The molecule has 0 aliphatic rings. The van der Waals surface area contributed by atoms with Crippen LogP contribution in [-0.2, 0) is 33.2 Å². The molecule has 18 heteroatoms. The fraction of sp³-hybridized carbons (Fsp3) is 0.130. The van der Waals surface area contributed by atoms with Crippen molar-refractivity contribution < 1.29 is 44.8 Å². The van der Waals surface area contributed by atoms with Gasteiger partial charge in [-0.05, 0) is 40.9 Å². The maximum Gasteiger partial charge on any atom is 0.492 e. The van der Waals surface area contributed by atoms with Gasteiger partial charge in [0.15, 0.2) is 5.13 Å². The van der Waals surface area contributed by atoms with Crippen molar-refractivity contribution in [3.63, 3.8) is 0 Å². The van der Waals surface area contributed by atoms with Gasteiger partial charge in [0.1, 0.15) is 22.3 Å². The lowest BCUT2D eigenvalue weighted by Crippen LogP contribution is -2.38. The first-order chi connectivity index (χ1) is 19.2. The maximum atomic E-state index is 14.0. The van der Waals surface area contributed by atoms with Crippen LogP contribution in [-0.4, -0.2) is 45.4 Å². The molecule has 0 amide bonds. The Morgan fingerprint density at radius 2 is 1.76 bits per heavy atom. The van der Waals surface area contributed by atoms with Crippen molar-refractivity contribution in [3.05, 3.63) is 82.8 Å². The number of ketones is 1. The van der Waals surface area contributed by atoms with E-state index in [2.05, 4.69) is 20.1 Å². The summed E-state index contributed by atoms with van der Waals surface area (Å²) in [5.41, 5.74) is 5.26. The molecule has 4 aromatic rings. The topological polar surface area (TPSA) is 150 Å². The van der Waals surface area contributed by atoms with Gasteiger partial charge in [0.05, 0.1) is 29.0 Å². The third kappa shape index (κ3) is 6.34. The lowest BCUT2D eigenvalue weighted by molar-refractivity contribution is -0.224. The van der Waals surface area contributed by atoms with Crippen LogP contribution in [0.3, 0.4) is 0 Å². The van der Waals surface area contributed by atoms with Gasteiger partial charge in [-0.3, -0.25) is 4.79 Å². The molecule has 0 unspecified atom stereocenters. The predicted octanol–water partition coefficient (Wildman–Crippen LogP) is 3.92. The van der Waals surface area contributed by atoms with Crippen molar-refractivity contribution in [1.29, 1.82) is 0 Å². The highest BCUT2D eigenvalue weighted by molar-refractivity contribution is 7.89. The van der Waals surface area contributed by atoms with Crippen molar-refractivity contribution in [2.75, 3.05) is 11.1 Å². The minimum atomic E-state index is -5.47. The molecule has 0 radical (unpaired) electrons. The van der Waals surface area contributed by atoms with Crippen LogP contribution in [0.5, 0.6) is 0 Å². The molecule has 0 saturated heterocycles. The molecule has 4 rings (SSSR count). The summed E-state index contributed by atoms with van der Waals surface area (Å²) in [7, 11) is -3.36. The van der Waals surface area contributed by atoms with E-state index in [-0.39, 0.29) is 31.7 Å².